The standard InChI is InChI=1S/C23H20Cl2N6O7S2/c1-10(32)35-8-16-20(36-11(2)33)19(31-7-15(29-30-31)22-28-18(25)9-39-22)21(37-12(3)34)23(38-16)40-17-4-13(24)6-27-14(17)5-26/h4,6-7,9,16,19-21,23H,8H2,1-3H3/t16-,19+,20+,21-,23-/m1/s1. The summed E-state index contributed by atoms with van der Waals surface area (Å²) in [6.45, 7) is 3.31. The number of carbonyl (C=O) groups is 3. The van der Waals surface area contributed by atoms with Gasteiger partial charge in [-0.25, -0.2) is 14.6 Å². The summed E-state index contributed by atoms with van der Waals surface area (Å²) in [6, 6.07) is 2.48. The summed E-state index contributed by atoms with van der Waals surface area (Å²) in [5.41, 5.74) is -0.618. The highest BCUT2D eigenvalue weighted by Gasteiger charge is 2.52. The molecule has 0 unspecified atom stereocenters. The number of hydrogen-bond donors (Lipinski definition) is 0. The number of nitriles is 1. The number of thiazole rings is 1. The summed E-state index contributed by atoms with van der Waals surface area (Å²) in [6.07, 6.45) is -0.493. The molecule has 1 aliphatic rings. The first-order chi connectivity index (χ1) is 19.0. The summed E-state index contributed by atoms with van der Waals surface area (Å²) < 4.78 is 24.1. The molecule has 1 fully saturated rings. The van der Waals surface area contributed by atoms with E-state index < -0.39 is 47.7 Å². The Morgan fingerprint density at radius 3 is 2.52 bits per heavy atom. The summed E-state index contributed by atoms with van der Waals surface area (Å²) in [7, 11) is 0. The molecule has 0 saturated carbocycles. The first-order valence-corrected chi connectivity index (χ1v) is 14.0. The van der Waals surface area contributed by atoms with Crippen molar-refractivity contribution in [1.82, 2.24) is 25.0 Å². The summed E-state index contributed by atoms with van der Waals surface area (Å²) in [5, 5.41) is 20.6. The third-order valence-electron chi connectivity index (χ3n) is 5.35. The van der Waals surface area contributed by atoms with E-state index in [1.807, 2.05) is 6.07 Å². The van der Waals surface area contributed by atoms with E-state index in [1.165, 1.54) is 55.2 Å². The van der Waals surface area contributed by atoms with Crippen molar-refractivity contribution in [3.05, 3.63) is 39.7 Å². The second-order valence-electron chi connectivity index (χ2n) is 8.27. The van der Waals surface area contributed by atoms with Crippen molar-refractivity contribution in [2.45, 2.75) is 55.5 Å². The molecule has 0 aromatic carbocycles. The van der Waals surface area contributed by atoms with E-state index in [0.29, 0.717) is 15.6 Å². The van der Waals surface area contributed by atoms with E-state index in [0.717, 1.165) is 11.8 Å². The molecular weight excluding hydrogens is 607 g/mol. The Hall–Kier alpha value is -3.29. The molecule has 4 heterocycles. The third-order valence-corrected chi connectivity index (χ3v) is 7.92. The molecule has 3 aromatic heterocycles. The maximum absolute atomic E-state index is 12.3. The Bertz CT molecular complexity index is 1460. The van der Waals surface area contributed by atoms with Crippen LogP contribution in [0.5, 0.6) is 0 Å². The molecule has 210 valence electrons. The maximum Gasteiger partial charge on any atom is 0.303 e. The normalized spacial score (nSPS) is 22.2. The van der Waals surface area contributed by atoms with Gasteiger partial charge in [-0.3, -0.25) is 14.4 Å². The molecule has 0 aliphatic carbocycles. The van der Waals surface area contributed by atoms with E-state index >= 15 is 0 Å². The second kappa shape index (κ2) is 12.9. The number of esters is 3. The molecule has 1 saturated heterocycles. The van der Waals surface area contributed by atoms with Crippen LogP contribution in [-0.4, -0.2) is 73.2 Å². The molecule has 0 amide bonds. The van der Waals surface area contributed by atoms with Crippen LogP contribution in [0, 0.1) is 11.3 Å². The van der Waals surface area contributed by atoms with Gasteiger partial charge in [0.15, 0.2) is 17.9 Å². The van der Waals surface area contributed by atoms with Gasteiger partial charge in [0.2, 0.25) is 0 Å². The first kappa shape index (κ1) is 29.7. The van der Waals surface area contributed by atoms with Crippen molar-refractivity contribution in [1.29, 1.82) is 5.26 Å². The van der Waals surface area contributed by atoms with Gasteiger partial charge in [-0.1, -0.05) is 40.2 Å². The molecule has 40 heavy (non-hydrogen) atoms. The fourth-order valence-corrected chi connectivity index (χ4v) is 6.21. The van der Waals surface area contributed by atoms with Crippen molar-refractivity contribution in [2.24, 2.45) is 0 Å². The van der Waals surface area contributed by atoms with Crippen LogP contribution >= 0.6 is 46.3 Å². The minimum atomic E-state index is -1.15. The Balaban J connectivity index is 1.82. The van der Waals surface area contributed by atoms with Crippen LogP contribution in [0.4, 0.5) is 0 Å². The van der Waals surface area contributed by atoms with Gasteiger partial charge >= 0.3 is 17.9 Å². The van der Waals surface area contributed by atoms with Crippen LogP contribution in [0.25, 0.3) is 10.7 Å². The van der Waals surface area contributed by atoms with Crippen LogP contribution in [0.2, 0.25) is 10.2 Å². The zero-order chi connectivity index (χ0) is 29.0. The largest absolute Gasteiger partial charge is 0.463 e. The molecule has 0 bridgehead atoms. The van der Waals surface area contributed by atoms with Crippen LogP contribution in [0.15, 0.2) is 28.7 Å². The highest BCUT2D eigenvalue weighted by molar-refractivity contribution is 7.99. The van der Waals surface area contributed by atoms with Crippen LogP contribution in [0.1, 0.15) is 32.5 Å². The number of ether oxygens (including phenoxy) is 4. The average Bonchev–Trinajstić information content (AvgIpc) is 3.53. The van der Waals surface area contributed by atoms with Gasteiger partial charge < -0.3 is 18.9 Å². The molecule has 13 nitrogen and oxygen atoms in total. The van der Waals surface area contributed by atoms with Gasteiger partial charge in [-0.05, 0) is 6.07 Å². The fourth-order valence-electron chi connectivity index (χ4n) is 3.89. The lowest BCUT2D eigenvalue weighted by Gasteiger charge is -2.44. The first-order valence-electron chi connectivity index (χ1n) is 11.4. The van der Waals surface area contributed by atoms with Crippen molar-refractivity contribution in [2.75, 3.05) is 6.61 Å². The van der Waals surface area contributed by atoms with Crippen molar-refractivity contribution in [3.63, 3.8) is 0 Å². The molecule has 0 radical (unpaired) electrons. The molecule has 0 spiro atoms. The number of hydrogen-bond acceptors (Lipinski definition) is 14. The van der Waals surface area contributed by atoms with Gasteiger partial charge in [0.05, 0.1) is 11.2 Å². The third kappa shape index (κ3) is 7.07. The Kier molecular flexibility index (Phi) is 9.59. The SMILES string of the molecule is CC(=O)OC[C@H]1O[C@H](Sc2cc(Cl)cnc2C#N)[C@H](OC(C)=O)[C@@H](n2cc(-c3nc(Cl)cs3)nn2)[C@H]1OC(C)=O. The lowest BCUT2D eigenvalue weighted by molar-refractivity contribution is -0.212. The van der Waals surface area contributed by atoms with E-state index in [-0.39, 0.29) is 22.5 Å². The molecule has 17 heteroatoms. The number of nitrogens with zero attached hydrogens (tertiary/aromatic N) is 6. The highest BCUT2D eigenvalue weighted by atomic mass is 35.5. The average molecular weight is 627 g/mol. The van der Waals surface area contributed by atoms with Crippen molar-refractivity contribution < 1.29 is 33.3 Å². The molecule has 5 atom stereocenters. The van der Waals surface area contributed by atoms with Crippen LogP contribution < -0.4 is 0 Å². The molecular formula is C23H20Cl2N6O7S2. The predicted molar refractivity (Wildman–Crippen MR) is 141 cm³/mol. The van der Waals surface area contributed by atoms with Gasteiger partial charge in [0.1, 0.15) is 46.1 Å². The predicted octanol–water partition coefficient (Wildman–Crippen LogP) is 3.46. The lowest BCUT2D eigenvalue weighted by Crippen LogP contribution is -2.57. The van der Waals surface area contributed by atoms with E-state index in [1.54, 1.807) is 5.38 Å². The minimum absolute atomic E-state index is 0.0541. The monoisotopic (exact) mass is 626 g/mol. The zero-order valence-electron chi connectivity index (χ0n) is 21.0. The number of halogens is 2. The van der Waals surface area contributed by atoms with Crippen LogP contribution in [-0.2, 0) is 33.3 Å². The van der Waals surface area contributed by atoms with Gasteiger partial charge in [0.25, 0.3) is 0 Å². The Morgan fingerprint density at radius 1 is 1.18 bits per heavy atom. The lowest BCUT2D eigenvalue weighted by atomic mass is 9.96. The second-order valence-corrected chi connectivity index (χ2v) is 11.1. The summed E-state index contributed by atoms with van der Waals surface area (Å²) in [5.74, 6) is -1.93. The van der Waals surface area contributed by atoms with E-state index in [9.17, 15) is 19.6 Å². The number of aromatic nitrogens is 5. The molecule has 4 rings (SSSR count). The topological polar surface area (TPSA) is 168 Å². The quantitative estimate of drug-likeness (QED) is 0.263. The number of thioether (sulfide) groups is 1. The Morgan fingerprint density at radius 2 is 1.90 bits per heavy atom. The minimum Gasteiger partial charge on any atom is -0.463 e. The maximum atomic E-state index is 12.3. The van der Waals surface area contributed by atoms with Gasteiger partial charge in [-0.2, -0.15) is 5.26 Å². The smallest absolute Gasteiger partial charge is 0.303 e. The van der Waals surface area contributed by atoms with Gasteiger partial charge in [-0.15, -0.1) is 16.4 Å². The van der Waals surface area contributed by atoms with Crippen molar-refractivity contribution in [3.8, 4) is 16.8 Å². The zero-order valence-corrected chi connectivity index (χ0v) is 24.2. The van der Waals surface area contributed by atoms with E-state index in [2.05, 4.69) is 20.3 Å². The number of rotatable bonds is 8. The summed E-state index contributed by atoms with van der Waals surface area (Å²) >= 11 is 14.3. The fraction of sp³-hybridized carbons (Fsp3) is 0.391. The molecule has 0 N–H and O–H groups in total. The van der Waals surface area contributed by atoms with Gasteiger partial charge in [0, 0.05) is 37.2 Å². The molecule has 1 aliphatic heterocycles. The number of pyridine rings is 1. The summed E-state index contributed by atoms with van der Waals surface area (Å²) in [4.78, 5) is 44.7. The Labute approximate surface area is 245 Å². The van der Waals surface area contributed by atoms with E-state index in [4.69, 9.17) is 42.1 Å². The van der Waals surface area contributed by atoms with Crippen LogP contribution in [0.3, 0.4) is 0 Å². The highest BCUT2D eigenvalue weighted by Crippen LogP contribution is 2.42. The van der Waals surface area contributed by atoms with Crippen molar-refractivity contribution >= 4 is 64.2 Å². The molecule has 3 aromatic rings. The number of carbonyl (C=O) groups excluding carboxylic acids is 3.